The van der Waals surface area contributed by atoms with Gasteiger partial charge in [-0.3, -0.25) is 0 Å². The molecule has 6 nitrogen and oxygen atoms in total. The summed E-state index contributed by atoms with van der Waals surface area (Å²) in [6.45, 7) is 3.39. The van der Waals surface area contributed by atoms with Crippen LogP contribution in [0.5, 0.6) is 0 Å². The fourth-order valence-electron chi connectivity index (χ4n) is 2.32. The van der Waals surface area contributed by atoms with E-state index in [1.807, 2.05) is 0 Å². The molecule has 2 N–H and O–H groups in total. The molecule has 112 valence electrons. The Morgan fingerprint density at radius 3 is 2.41 bits per heavy atom. The number of hydrogen-bond acceptors (Lipinski definition) is 4. The molecule has 1 aromatic carbocycles. The molecule has 7 heteroatoms. The minimum absolute atomic E-state index is 0.223. The number of aryl methyl sites for hydroxylation is 1. The van der Waals surface area contributed by atoms with Crippen molar-refractivity contribution in [3.8, 4) is 23.0 Å². The molecular weight excluding hydrogens is 306 g/mol. The maximum atomic E-state index is 11.2. The van der Waals surface area contributed by atoms with E-state index >= 15 is 0 Å². The highest BCUT2D eigenvalue weighted by Gasteiger charge is 2.21. The number of H-pyrrole nitrogens is 1. The Balaban J connectivity index is 2.03. The van der Waals surface area contributed by atoms with Crippen molar-refractivity contribution >= 4 is 17.6 Å². The maximum Gasteiger partial charge on any atom is 0.337 e. The zero-order valence-corrected chi connectivity index (χ0v) is 12.6. The third-order valence-corrected chi connectivity index (χ3v) is 3.63. The molecule has 22 heavy (non-hydrogen) atoms. The monoisotopic (exact) mass is 317 g/mol. The fourth-order valence-corrected chi connectivity index (χ4v) is 2.44. The predicted molar refractivity (Wildman–Crippen MR) is 81.0 cm³/mol. The Labute approximate surface area is 130 Å². The number of aromatic nitrogens is 3. The van der Waals surface area contributed by atoms with Crippen molar-refractivity contribution in [3.63, 3.8) is 0 Å². The summed E-state index contributed by atoms with van der Waals surface area (Å²) in [5.41, 5.74) is 2.59. The lowest BCUT2D eigenvalue weighted by atomic mass is 10.1. The summed E-state index contributed by atoms with van der Waals surface area (Å²) in [6, 6.07) is 7.00. The zero-order chi connectivity index (χ0) is 15.9. The van der Waals surface area contributed by atoms with Gasteiger partial charge in [0.2, 0.25) is 5.89 Å². The van der Waals surface area contributed by atoms with Crippen LogP contribution in [0.2, 0.25) is 5.02 Å². The Bertz CT molecular complexity index is 850. The minimum Gasteiger partial charge on any atom is -0.478 e. The van der Waals surface area contributed by atoms with Gasteiger partial charge in [-0.25, -0.2) is 4.79 Å². The number of aromatic amines is 1. The van der Waals surface area contributed by atoms with Gasteiger partial charge in [0, 0.05) is 16.3 Å². The molecule has 0 spiro atoms. The number of carboxylic acids is 1. The molecule has 0 unspecified atom stereocenters. The zero-order valence-electron chi connectivity index (χ0n) is 11.8. The van der Waals surface area contributed by atoms with Crippen LogP contribution in [0.25, 0.3) is 23.0 Å². The lowest BCUT2D eigenvalue weighted by molar-refractivity contribution is 0.0695. The molecule has 0 radical (unpaired) electrons. The maximum absolute atomic E-state index is 11.2. The average Bonchev–Trinajstić information content (AvgIpc) is 3.04. The number of carboxylic acid groups (broad SMARTS) is 1. The van der Waals surface area contributed by atoms with Crippen molar-refractivity contribution in [2.45, 2.75) is 13.8 Å². The summed E-state index contributed by atoms with van der Waals surface area (Å²) < 4.78 is 5.64. The normalized spacial score (nSPS) is 10.9. The van der Waals surface area contributed by atoms with Crippen LogP contribution in [0.15, 0.2) is 28.7 Å². The smallest absolute Gasteiger partial charge is 0.337 e. The lowest BCUT2D eigenvalue weighted by Gasteiger charge is -1.95. The van der Waals surface area contributed by atoms with E-state index in [1.165, 1.54) is 0 Å². The standard InChI is InChI=1S/C15H12ClN3O3/c1-7-11(15(20)21)8(2)17-12(7)14-19-18-13(22-14)9-3-5-10(16)6-4-9/h3-6,17H,1-2H3,(H,20,21). The number of hydrogen-bond donors (Lipinski definition) is 2. The molecule has 2 aromatic heterocycles. The van der Waals surface area contributed by atoms with Gasteiger partial charge in [-0.15, -0.1) is 10.2 Å². The second-order valence-corrected chi connectivity index (χ2v) is 5.29. The average molecular weight is 318 g/mol. The van der Waals surface area contributed by atoms with E-state index in [-0.39, 0.29) is 11.5 Å². The van der Waals surface area contributed by atoms with Crippen molar-refractivity contribution in [3.05, 3.63) is 46.1 Å². The van der Waals surface area contributed by atoms with Gasteiger partial charge in [0.25, 0.3) is 5.89 Å². The lowest BCUT2D eigenvalue weighted by Crippen LogP contribution is -1.98. The molecule has 0 aliphatic rings. The van der Waals surface area contributed by atoms with E-state index in [0.717, 1.165) is 5.56 Å². The van der Waals surface area contributed by atoms with Gasteiger partial charge < -0.3 is 14.5 Å². The first-order chi connectivity index (χ1) is 10.5. The first kappa shape index (κ1) is 14.3. The van der Waals surface area contributed by atoms with Crippen LogP contribution in [0.1, 0.15) is 21.6 Å². The second kappa shape index (κ2) is 5.31. The van der Waals surface area contributed by atoms with E-state index in [0.29, 0.717) is 27.9 Å². The van der Waals surface area contributed by atoms with Gasteiger partial charge in [0.05, 0.1) is 5.56 Å². The van der Waals surface area contributed by atoms with Gasteiger partial charge in [-0.05, 0) is 43.7 Å². The van der Waals surface area contributed by atoms with Crippen LogP contribution >= 0.6 is 11.6 Å². The Hall–Kier alpha value is -2.60. The summed E-state index contributed by atoms with van der Waals surface area (Å²) in [7, 11) is 0. The van der Waals surface area contributed by atoms with E-state index in [4.69, 9.17) is 16.0 Å². The molecule has 0 atom stereocenters. The van der Waals surface area contributed by atoms with Crippen molar-refractivity contribution < 1.29 is 14.3 Å². The Kier molecular flexibility index (Phi) is 3.46. The third-order valence-electron chi connectivity index (χ3n) is 3.38. The van der Waals surface area contributed by atoms with Crippen LogP contribution < -0.4 is 0 Å². The molecule has 0 bridgehead atoms. The number of rotatable bonds is 3. The van der Waals surface area contributed by atoms with E-state index in [2.05, 4.69) is 15.2 Å². The van der Waals surface area contributed by atoms with Gasteiger partial charge in [-0.1, -0.05) is 11.6 Å². The molecule has 3 aromatic rings. The first-order valence-corrected chi connectivity index (χ1v) is 6.87. The van der Waals surface area contributed by atoms with Crippen LogP contribution in [0, 0.1) is 13.8 Å². The highest BCUT2D eigenvalue weighted by molar-refractivity contribution is 6.30. The number of nitrogens with zero attached hydrogens (tertiary/aromatic N) is 2. The second-order valence-electron chi connectivity index (χ2n) is 4.85. The van der Waals surface area contributed by atoms with Gasteiger partial charge in [0.1, 0.15) is 5.69 Å². The van der Waals surface area contributed by atoms with E-state index in [9.17, 15) is 9.90 Å². The number of benzene rings is 1. The molecule has 0 amide bonds. The summed E-state index contributed by atoms with van der Waals surface area (Å²) >= 11 is 5.84. The molecular formula is C15H12ClN3O3. The SMILES string of the molecule is Cc1[nH]c(-c2nnc(-c3ccc(Cl)cc3)o2)c(C)c1C(=O)O. The van der Waals surface area contributed by atoms with E-state index in [1.54, 1.807) is 38.1 Å². The number of carbonyl (C=O) groups is 1. The summed E-state index contributed by atoms with van der Waals surface area (Å²) in [4.78, 5) is 14.2. The molecule has 0 fully saturated rings. The number of nitrogens with one attached hydrogen (secondary N) is 1. The van der Waals surface area contributed by atoms with Crippen LogP contribution in [-0.2, 0) is 0 Å². The van der Waals surface area contributed by atoms with Crippen molar-refractivity contribution in [1.29, 1.82) is 0 Å². The third kappa shape index (κ3) is 2.37. The van der Waals surface area contributed by atoms with Crippen molar-refractivity contribution in [1.82, 2.24) is 15.2 Å². The van der Waals surface area contributed by atoms with Gasteiger partial charge in [-0.2, -0.15) is 0 Å². The highest BCUT2D eigenvalue weighted by Crippen LogP contribution is 2.29. The summed E-state index contributed by atoms with van der Waals surface area (Å²) in [6.07, 6.45) is 0. The molecule has 3 rings (SSSR count). The van der Waals surface area contributed by atoms with Gasteiger partial charge in [0.15, 0.2) is 0 Å². The highest BCUT2D eigenvalue weighted by atomic mass is 35.5. The largest absolute Gasteiger partial charge is 0.478 e. The Morgan fingerprint density at radius 2 is 1.82 bits per heavy atom. The van der Waals surface area contributed by atoms with Crippen LogP contribution in [-0.4, -0.2) is 26.3 Å². The molecule has 0 saturated carbocycles. The summed E-state index contributed by atoms with van der Waals surface area (Å²) in [5.74, 6) is -0.400. The predicted octanol–water partition coefficient (Wildman–Crippen LogP) is 3.70. The molecule has 2 heterocycles. The first-order valence-electron chi connectivity index (χ1n) is 6.49. The molecule has 0 saturated heterocycles. The molecule has 0 aliphatic carbocycles. The van der Waals surface area contributed by atoms with Gasteiger partial charge >= 0.3 is 5.97 Å². The topological polar surface area (TPSA) is 92.0 Å². The fraction of sp³-hybridized carbons (Fsp3) is 0.133. The van der Waals surface area contributed by atoms with E-state index < -0.39 is 5.97 Å². The molecule has 0 aliphatic heterocycles. The number of halogens is 1. The quantitative estimate of drug-likeness (QED) is 0.768. The van der Waals surface area contributed by atoms with Crippen LogP contribution in [0.3, 0.4) is 0 Å². The van der Waals surface area contributed by atoms with Crippen LogP contribution in [0.4, 0.5) is 0 Å². The minimum atomic E-state index is -0.991. The summed E-state index contributed by atoms with van der Waals surface area (Å²) in [5, 5.41) is 17.8. The number of aromatic carboxylic acids is 1. The Morgan fingerprint density at radius 1 is 1.18 bits per heavy atom. The van der Waals surface area contributed by atoms with Crippen molar-refractivity contribution in [2.24, 2.45) is 0 Å². The van der Waals surface area contributed by atoms with Crippen molar-refractivity contribution in [2.75, 3.05) is 0 Å².